The SMILES string of the molecule is Cc1cc(Oc2ccc(S(N)(=O)=O)cn2)cc(C)c1Br. The predicted octanol–water partition coefficient (Wildman–Crippen LogP) is 2.90. The first-order chi connectivity index (χ1) is 9.27. The van der Waals surface area contributed by atoms with E-state index in [1.54, 1.807) is 0 Å². The van der Waals surface area contributed by atoms with Crippen LogP contribution in [-0.2, 0) is 10.0 Å². The summed E-state index contributed by atoms with van der Waals surface area (Å²) in [5, 5.41) is 5.00. The van der Waals surface area contributed by atoms with Gasteiger partial charge in [-0.05, 0) is 43.2 Å². The molecule has 7 heteroatoms. The largest absolute Gasteiger partial charge is 0.439 e. The van der Waals surface area contributed by atoms with Crippen LogP contribution in [0.1, 0.15) is 11.1 Å². The maximum atomic E-state index is 11.1. The number of hydrogen-bond acceptors (Lipinski definition) is 4. The van der Waals surface area contributed by atoms with Gasteiger partial charge in [0.15, 0.2) is 0 Å². The summed E-state index contributed by atoms with van der Waals surface area (Å²) in [7, 11) is -3.74. The fourth-order valence-corrected chi connectivity index (χ4v) is 2.37. The molecule has 0 atom stereocenters. The number of primary sulfonamides is 1. The van der Waals surface area contributed by atoms with Gasteiger partial charge in [-0.1, -0.05) is 15.9 Å². The highest BCUT2D eigenvalue weighted by Crippen LogP contribution is 2.28. The first-order valence-electron chi connectivity index (χ1n) is 5.71. The number of halogens is 1. The van der Waals surface area contributed by atoms with Crippen molar-refractivity contribution in [3.05, 3.63) is 46.1 Å². The lowest BCUT2D eigenvalue weighted by atomic mass is 10.1. The molecule has 2 N–H and O–H groups in total. The fourth-order valence-electron chi connectivity index (χ4n) is 1.68. The van der Waals surface area contributed by atoms with E-state index in [4.69, 9.17) is 9.88 Å². The molecule has 0 amide bonds. The van der Waals surface area contributed by atoms with Gasteiger partial charge in [0.05, 0.1) is 6.20 Å². The zero-order valence-corrected chi connectivity index (χ0v) is 13.3. The zero-order chi connectivity index (χ0) is 14.9. The van der Waals surface area contributed by atoms with Gasteiger partial charge in [-0.3, -0.25) is 0 Å². The van der Waals surface area contributed by atoms with Gasteiger partial charge in [0.2, 0.25) is 15.9 Å². The van der Waals surface area contributed by atoms with E-state index in [0.717, 1.165) is 15.6 Å². The molecule has 0 saturated heterocycles. The standard InChI is InChI=1S/C13H13BrN2O3S/c1-8-5-10(6-9(2)13(8)14)19-12-4-3-11(7-16-12)20(15,17)18/h3-7H,1-2H3,(H2,15,17,18). The second kappa shape index (κ2) is 5.51. The van der Waals surface area contributed by atoms with E-state index in [9.17, 15) is 8.42 Å². The van der Waals surface area contributed by atoms with Crippen LogP contribution in [0.2, 0.25) is 0 Å². The molecular formula is C13H13BrN2O3S. The number of nitrogens with two attached hydrogens (primary N) is 1. The van der Waals surface area contributed by atoms with Gasteiger partial charge in [-0.15, -0.1) is 0 Å². The van der Waals surface area contributed by atoms with Crippen LogP contribution < -0.4 is 9.88 Å². The van der Waals surface area contributed by atoms with Crippen molar-refractivity contribution in [3.8, 4) is 11.6 Å². The normalized spacial score (nSPS) is 11.4. The summed E-state index contributed by atoms with van der Waals surface area (Å²) in [4.78, 5) is 3.88. The fraction of sp³-hybridized carbons (Fsp3) is 0.154. The zero-order valence-electron chi connectivity index (χ0n) is 10.9. The van der Waals surface area contributed by atoms with E-state index in [-0.39, 0.29) is 4.90 Å². The van der Waals surface area contributed by atoms with E-state index < -0.39 is 10.0 Å². The summed E-state index contributed by atoms with van der Waals surface area (Å²) in [6, 6.07) is 6.56. The van der Waals surface area contributed by atoms with Gasteiger partial charge >= 0.3 is 0 Å². The number of aromatic nitrogens is 1. The van der Waals surface area contributed by atoms with Crippen molar-refractivity contribution in [2.45, 2.75) is 18.7 Å². The van der Waals surface area contributed by atoms with Gasteiger partial charge in [-0.2, -0.15) is 0 Å². The Balaban J connectivity index is 2.27. The van der Waals surface area contributed by atoms with Gasteiger partial charge < -0.3 is 4.74 Å². The molecule has 106 valence electrons. The molecule has 0 spiro atoms. The maximum Gasteiger partial charge on any atom is 0.239 e. The van der Waals surface area contributed by atoms with Crippen molar-refractivity contribution in [3.63, 3.8) is 0 Å². The van der Waals surface area contributed by atoms with Crippen molar-refractivity contribution in [2.24, 2.45) is 5.14 Å². The molecular weight excluding hydrogens is 344 g/mol. The van der Waals surface area contributed by atoms with Crippen molar-refractivity contribution < 1.29 is 13.2 Å². The monoisotopic (exact) mass is 356 g/mol. The molecule has 0 fully saturated rings. The second-order valence-electron chi connectivity index (χ2n) is 4.35. The molecule has 1 aromatic heterocycles. The van der Waals surface area contributed by atoms with E-state index in [0.29, 0.717) is 11.6 Å². The molecule has 20 heavy (non-hydrogen) atoms. The quantitative estimate of drug-likeness (QED) is 0.916. The number of rotatable bonds is 3. The molecule has 0 aliphatic carbocycles. The van der Waals surface area contributed by atoms with Crippen LogP contribution in [0.25, 0.3) is 0 Å². The highest BCUT2D eigenvalue weighted by molar-refractivity contribution is 9.10. The smallest absolute Gasteiger partial charge is 0.239 e. The Hall–Kier alpha value is -1.44. The second-order valence-corrected chi connectivity index (χ2v) is 6.70. The Kier molecular flexibility index (Phi) is 4.12. The third kappa shape index (κ3) is 3.36. The highest BCUT2D eigenvalue weighted by atomic mass is 79.9. The first kappa shape index (κ1) is 15.0. The van der Waals surface area contributed by atoms with Crippen LogP contribution >= 0.6 is 15.9 Å². The molecule has 0 aliphatic heterocycles. The molecule has 0 saturated carbocycles. The minimum atomic E-state index is -3.74. The number of benzene rings is 1. The van der Waals surface area contributed by atoms with E-state index in [1.807, 2.05) is 26.0 Å². The molecule has 0 unspecified atom stereocenters. The highest BCUT2D eigenvalue weighted by Gasteiger charge is 2.09. The Bertz CT molecular complexity index is 720. The van der Waals surface area contributed by atoms with Crippen molar-refractivity contribution in [1.82, 2.24) is 4.98 Å². The van der Waals surface area contributed by atoms with Crippen LogP contribution in [-0.4, -0.2) is 13.4 Å². The molecule has 5 nitrogen and oxygen atoms in total. The Morgan fingerprint density at radius 2 is 1.80 bits per heavy atom. The summed E-state index contributed by atoms with van der Waals surface area (Å²) < 4.78 is 28.9. The molecule has 0 bridgehead atoms. The van der Waals surface area contributed by atoms with Crippen molar-refractivity contribution in [2.75, 3.05) is 0 Å². The van der Waals surface area contributed by atoms with Crippen molar-refractivity contribution >= 4 is 26.0 Å². The summed E-state index contributed by atoms with van der Waals surface area (Å²) in [6.45, 7) is 3.92. The third-order valence-electron chi connectivity index (χ3n) is 2.67. The number of pyridine rings is 1. The van der Waals surface area contributed by atoms with Crippen LogP contribution in [0.5, 0.6) is 11.6 Å². The van der Waals surface area contributed by atoms with E-state index >= 15 is 0 Å². The Labute approximate surface area is 126 Å². The molecule has 1 heterocycles. The molecule has 2 rings (SSSR count). The van der Waals surface area contributed by atoms with Gasteiger partial charge in [0.1, 0.15) is 10.6 Å². The van der Waals surface area contributed by atoms with Crippen molar-refractivity contribution in [1.29, 1.82) is 0 Å². The average Bonchev–Trinajstić information content (AvgIpc) is 2.35. The maximum absolute atomic E-state index is 11.1. The minimum Gasteiger partial charge on any atom is -0.439 e. The summed E-state index contributed by atoms with van der Waals surface area (Å²) in [5.74, 6) is 0.942. The van der Waals surface area contributed by atoms with Crippen LogP contribution in [0.15, 0.2) is 39.8 Å². The Morgan fingerprint density at radius 1 is 1.20 bits per heavy atom. The van der Waals surface area contributed by atoms with E-state index in [1.165, 1.54) is 18.3 Å². The van der Waals surface area contributed by atoms with Crippen LogP contribution in [0.3, 0.4) is 0 Å². The molecule has 1 aromatic carbocycles. The predicted molar refractivity (Wildman–Crippen MR) is 79.3 cm³/mol. The Morgan fingerprint density at radius 3 is 2.25 bits per heavy atom. The van der Waals surface area contributed by atoms with Crippen LogP contribution in [0, 0.1) is 13.8 Å². The molecule has 0 radical (unpaired) electrons. The number of sulfonamides is 1. The van der Waals surface area contributed by atoms with Gasteiger partial charge in [-0.25, -0.2) is 18.5 Å². The van der Waals surface area contributed by atoms with Gasteiger partial charge in [0, 0.05) is 10.5 Å². The molecule has 0 aliphatic rings. The number of hydrogen-bond donors (Lipinski definition) is 1. The summed E-state index contributed by atoms with van der Waals surface area (Å²) in [6.07, 6.45) is 1.17. The van der Waals surface area contributed by atoms with E-state index in [2.05, 4.69) is 20.9 Å². The lowest BCUT2D eigenvalue weighted by Gasteiger charge is -2.09. The number of nitrogens with zero attached hydrogens (tertiary/aromatic N) is 1. The lowest BCUT2D eigenvalue weighted by molar-refractivity contribution is 0.461. The molecule has 2 aromatic rings. The minimum absolute atomic E-state index is 0.0481. The topological polar surface area (TPSA) is 82.3 Å². The summed E-state index contributed by atoms with van der Waals surface area (Å²) in [5.41, 5.74) is 2.09. The van der Waals surface area contributed by atoms with Gasteiger partial charge in [0.25, 0.3) is 0 Å². The third-order valence-corrected chi connectivity index (χ3v) is 4.82. The van der Waals surface area contributed by atoms with Crippen LogP contribution in [0.4, 0.5) is 0 Å². The number of ether oxygens (including phenoxy) is 1. The summed E-state index contributed by atoms with van der Waals surface area (Å²) >= 11 is 3.48. The number of aryl methyl sites for hydroxylation is 2. The first-order valence-corrected chi connectivity index (χ1v) is 8.05. The lowest BCUT2D eigenvalue weighted by Crippen LogP contribution is -2.12. The average molecular weight is 357 g/mol.